The van der Waals surface area contributed by atoms with Crippen LogP contribution in [-0.2, 0) is 9.53 Å². The molecule has 118 valence electrons. The van der Waals surface area contributed by atoms with Crippen LogP contribution < -0.4 is 10.2 Å². The van der Waals surface area contributed by atoms with Gasteiger partial charge in [0.25, 0.3) is 5.91 Å². The largest absolute Gasteiger partial charge is 0.357 e. The minimum Gasteiger partial charge on any atom is -0.357 e. The van der Waals surface area contributed by atoms with E-state index in [2.05, 4.69) is 5.32 Å². The number of ether oxygens (including phenoxy) is 1. The molecule has 0 radical (unpaired) electrons. The summed E-state index contributed by atoms with van der Waals surface area (Å²) in [7, 11) is 2.03. The number of hydrogen-bond donors (Lipinski definition) is 1. The van der Waals surface area contributed by atoms with Crippen molar-refractivity contribution in [3.05, 3.63) is 30.3 Å². The molecule has 2 aliphatic carbocycles. The fourth-order valence-corrected chi connectivity index (χ4v) is 4.03. The van der Waals surface area contributed by atoms with Gasteiger partial charge in [-0.3, -0.25) is 4.79 Å². The highest BCUT2D eigenvalue weighted by atomic mass is 16.5. The fraction of sp³-hybridized carbons (Fsp3) is 0.611. The zero-order valence-corrected chi connectivity index (χ0v) is 13.2. The molecule has 2 spiro atoms. The summed E-state index contributed by atoms with van der Waals surface area (Å²) < 4.78 is 6.45. The van der Waals surface area contributed by atoms with E-state index in [4.69, 9.17) is 4.74 Å². The van der Waals surface area contributed by atoms with Gasteiger partial charge in [0.1, 0.15) is 5.60 Å². The molecule has 1 heterocycles. The normalized spacial score (nSPS) is 33.4. The second kappa shape index (κ2) is 5.07. The Kier molecular flexibility index (Phi) is 3.27. The molecule has 1 saturated heterocycles. The molecule has 3 fully saturated rings. The molecule has 1 N–H and O–H groups in total. The van der Waals surface area contributed by atoms with E-state index in [0.717, 1.165) is 44.2 Å². The second-order valence-corrected chi connectivity index (χ2v) is 7.07. The van der Waals surface area contributed by atoms with Crippen molar-refractivity contribution >= 4 is 11.6 Å². The van der Waals surface area contributed by atoms with Crippen LogP contribution >= 0.6 is 0 Å². The summed E-state index contributed by atoms with van der Waals surface area (Å²) in [6.07, 6.45) is 6.10. The Balaban J connectivity index is 1.62. The average molecular weight is 300 g/mol. The van der Waals surface area contributed by atoms with Crippen LogP contribution in [0.4, 0.5) is 5.69 Å². The van der Waals surface area contributed by atoms with E-state index < -0.39 is 5.60 Å². The molecule has 1 aromatic rings. The number of carbonyl (C=O) groups excluding carboxylic acids is 1. The predicted molar refractivity (Wildman–Crippen MR) is 85.9 cm³/mol. The molecular weight excluding hydrogens is 276 g/mol. The van der Waals surface area contributed by atoms with Crippen molar-refractivity contribution < 1.29 is 9.53 Å². The van der Waals surface area contributed by atoms with Gasteiger partial charge in [-0.25, -0.2) is 0 Å². The fourth-order valence-electron chi connectivity index (χ4n) is 4.03. The van der Waals surface area contributed by atoms with E-state index in [-0.39, 0.29) is 11.5 Å². The molecule has 3 aliphatic rings. The third kappa shape index (κ3) is 2.25. The first kappa shape index (κ1) is 14.2. The van der Waals surface area contributed by atoms with Crippen LogP contribution in [0.5, 0.6) is 0 Å². The molecule has 0 atom stereocenters. The minimum atomic E-state index is -0.513. The molecule has 22 heavy (non-hydrogen) atoms. The second-order valence-electron chi connectivity index (χ2n) is 7.07. The minimum absolute atomic E-state index is 0.145. The van der Waals surface area contributed by atoms with Gasteiger partial charge in [0.2, 0.25) is 0 Å². The van der Waals surface area contributed by atoms with E-state index >= 15 is 0 Å². The maximum absolute atomic E-state index is 12.8. The molecule has 4 nitrogen and oxygen atoms in total. The lowest BCUT2D eigenvalue weighted by Crippen LogP contribution is -2.62. The first-order valence-electron chi connectivity index (χ1n) is 8.41. The Morgan fingerprint density at radius 1 is 1.14 bits per heavy atom. The van der Waals surface area contributed by atoms with E-state index in [1.54, 1.807) is 0 Å². The number of carbonyl (C=O) groups is 1. The van der Waals surface area contributed by atoms with Crippen molar-refractivity contribution in [2.75, 3.05) is 18.5 Å². The average Bonchev–Trinajstić information content (AvgIpc) is 3.33. The van der Waals surface area contributed by atoms with E-state index in [9.17, 15) is 4.79 Å². The van der Waals surface area contributed by atoms with Crippen LogP contribution in [0.3, 0.4) is 0 Å². The Morgan fingerprint density at radius 3 is 2.41 bits per heavy atom. The first-order chi connectivity index (χ1) is 10.7. The summed E-state index contributed by atoms with van der Waals surface area (Å²) in [5.41, 5.74) is 0.353. The van der Waals surface area contributed by atoms with Crippen molar-refractivity contribution in [2.24, 2.45) is 0 Å². The van der Waals surface area contributed by atoms with Crippen LogP contribution in [0.15, 0.2) is 30.3 Å². The van der Waals surface area contributed by atoms with Gasteiger partial charge in [0.15, 0.2) is 0 Å². The smallest absolute Gasteiger partial charge is 0.259 e. The number of hydrogen-bond acceptors (Lipinski definition) is 3. The number of nitrogens with one attached hydrogen (secondary N) is 1. The highest BCUT2D eigenvalue weighted by Gasteiger charge is 2.62. The third-order valence-electron chi connectivity index (χ3n) is 5.57. The van der Waals surface area contributed by atoms with E-state index in [1.165, 1.54) is 0 Å². The van der Waals surface area contributed by atoms with Crippen molar-refractivity contribution in [1.29, 1.82) is 0 Å². The van der Waals surface area contributed by atoms with Crippen LogP contribution in [0.25, 0.3) is 0 Å². The standard InChI is InChI=1S/C18H24N2O2/c1-19-14-7-9-17(10-8-14)13-20(15-5-3-2-4-6-15)16(21)18(22-17)11-12-18/h2-6,14,19H,7-13H2,1H3/t14-,17-. The van der Waals surface area contributed by atoms with Crippen LogP contribution in [-0.4, -0.2) is 36.7 Å². The third-order valence-corrected chi connectivity index (χ3v) is 5.57. The van der Waals surface area contributed by atoms with Crippen molar-refractivity contribution in [3.8, 4) is 0 Å². The number of morpholine rings is 1. The van der Waals surface area contributed by atoms with Crippen LogP contribution in [0.1, 0.15) is 38.5 Å². The number of para-hydroxylation sites is 1. The maximum atomic E-state index is 12.8. The molecule has 0 aromatic heterocycles. The lowest BCUT2D eigenvalue weighted by molar-refractivity contribution is -0.169. The number of benzene rings is 1. The lowest BCUT2D eigenvalue weighted by Gasteiger charge is -2.49. The lowest BCUT2D eigenvalue weighted by atomic mass is 9.80. The van der Waals surface area contributed by atoms with Gasteiger partial charge >= 0.3 is 0 Å². The number of amides is 1. The van der Waals surface area contributed by atoms with Gasteiger partial charge in [-0.1, -0.05) is 18.2 Å². The topological polar surface area (TPSA) is 41.6 Å². The molecular formula is C18H24N2O2. The van der Waals surface area contributed by atoms with Crippen molar-refractivity contribution in [1.82, 2.24) is 5.32 Å². The summed E-state index contributed by atoms with van der Waals surface area (Å²) in [5.74, 6) is 0.167. The number of rotatable bonds is 2. The molecule has 1 amide bonds. The molecule has 1 aromatic carbocycles. The molecule has 0 bridgehead atoms. The van der Waals surface area contributed by atoms with Gasteiger partial charge in [-0.05, 0) is 57.7 Å². The van der Waals surface area contributed by atoms with Gasteiger partial charge in [-0.2, -0.15) is 0 Å². The molecule has 2 saturated carbocycles. The summed E-state index contributed by atoms with van der Waals surface area (Å²) in [6.45, 7) is 0.702. The number of anilines is 1. The van der Waals surface area contributed by atoms with E-state index in [1.807, 2.05) is 42.3 Å². The summed E-state index contributed by atoms with van der Waals surface area (Å²) in [6, 6.07) is 10.7. The Morgan fingerprint density at radius 2 is 1.82 bits per heavy atom. The van der Waals surface area contributed by atoms with Crippen LogP contribution in [0.2, 0.25) is 0 Å². The zero-order chi connectivity index (χ0) is 15.2. The van der Waals surface area contributed by atoms with E-state index in [0.29, 0.717) is 12.6 Å². The molecule has 1 aliphatic heterocycles. The highest BCUT2D eigenvalue weighted by molar-refractivity contribution is 6.02. The SMILES string of the molecule is CN[C@H]1CC[C@]2(CC1)CN(c1ccccc1)C(=O)C1(CC1)O2. The van der Waals surface area contributed by atoms with Crippen LogP contribution in [0, 0.1) is 0 Å². The zero-order valence-electron chi connectivity index (χ0n) is 13.2. The quantitative estimate of drug-likeness (QED) is 0.912. The maximum Gasteiger partial charge on any atom is 0.259 e. The van der Waals surface area contributed by atoms with Gasteiger partial charge in [-0.15, -0.1) is 0 Å². The molecule has 4 heteroatoms. The van der Waals surface area contributed by atoms with Crippen molar-refractivity contribution in [3.63, 3.8) is 0 Å². The monoisotopic (exact) mass is 300 g/mol. The van der Waals surface area contributed by atoms with Gasteiger partial charge in [0, 0.05) is 11.7 Å². The number of nitrogens with zero attached hydrogens (tertiary/aromatic N) is 1. The first-order valence-corrected chi connectivity index (χ1v) is 8.41. The Labute approximate surface area is 131 Å². The van der Waals surface area contributed by atoms with Crippen molar-refractivity contribution in [2.45, 2.75) is 55.8 Å². The Hall–Kier alpha value is -1.39. The molecule has 0 unspecified atom stereocenters. The summed E-state index contributed by atoms with van der Waals surface area (Å²) >= 11 is 0. The van der Waals surface area contributed by atoms with Gasteiger partial charge in [0.05, 0.1) is 12.1 Å². The molecule has 4 rings (SSSR count). The predicted octanol–water partition coefficient (Wildman–Crippen LogP) is 2.48. The Bertz CT molecular complexity index is 560. The summed E-state index contributed by atoms with van der Waals surface area (Å²) in [4.78, 5) is 14.8. The highest BCUT2D eigenvalue weighted by Crippen LogP contribution is 2.51. The summed E-state index contributed by atoms with van der Waals surface area (Å²) in [5, 5.41) is 3.38. The van der Waals surface area contributed by atoms with Gasteiger partial charge < -0.3 is 15.0 Å².